The van der Waals surface area contributed by atoms with Crippen LogP contribution < -0.4 is 9.47 Å². The van der Waals surface area contributed by atoms with Crippen molar-refractivity contribution in [2.24, 2.45) is 4.99 Å². The highest BCUT2D eigenvalue weighted by molar-refractivity contribution is 6.15. The first kappa shape index (κ1) is 18.5. The lowest BCUT2D eigenvalue weighted by molar-refractivity contribution is -0.384. The van der Waals surface area contributed by atoms with Crippen LogP contribution in [-0.2, 0) is 0 Å². The molecule has 1 aliphatic carbocycles. The van der Waals surface area contributed by atoms with Crippen LogP contribution in [0.2, 0.25) is 0 Å². The van der Waals surface area contributed by atoms with E-state index in [-0.39, 0.29) is 16.7 Å². The third-order valence-electron chi connectivity index (χ3n) is 5.67. The van der Waals surface area contributed by atoms with Gasteiger partial charge in [-0.05, 0) is 49.6 Å². The monoisotopic (exact) mass is 380 g/mol. The molecule has 146 valence electrons. The Labute approximate surface area is 164 Å². The van der Waals surface area contributed by atoms with Gasteiger partial charge >= 0.3 is 0 Å². The number of hydrogen-bond donors (Lipinski definition) is 0. The van der Waals surface area contributed by atoms with Gasteiger partial charge in [-0.15, -0.1) is 0 Å². The Morgan fingerprint density at radius 3 is 2.57 bits per heavy atom. The van der Waals surface area contributed by atoms with Crippen LogP contribution in [0.5, 0.6) is 11.5 Å². The lowest BCUT2D eigenvalue weighted by Gasteiger charge is -2.35. The normalized spacial score (nSPS) is 20.6. The maximum Gasteiger partial charge on any atom is 0.269 e. The van der Waals surface area contributed by atoms with E-state index in [1.807, 2.05) is 13.0 Å². The summed E-state index contributed by atoms with van der Waals surface area (Å²) in [4.78, 5) is 15.7. The summed E-state index contributed by atoms with van der Waals surface area (Å²) < 4.78 is 11.4. The lowest BCUT2D eigenvalue weighted by Crippen LogP contribution is -2.29. The van der Waals surface area contributed by atoms with E-state index < -0.39 is 0 Å². The van der Waals surface area contributed by atoms with E-state index >= 15 is 0 Å². The van der Waals surface area contributed by atoms with Gasteiger partial charge in [0.2, 0.25) is 0 Å². The Hall–Kier alpha value is -2.89. The number of rotatable bonds is 5. The third kappa shape index (κ3) is 3.23. The van der Waals surface area contributed by atoms with Crippen molar-refractivity contribution in [3.63, 3.8) is 0 Å². The van der Waals surface area contributed by atoms with Crippen LogP contribution in [0.25, 0.3) is 0 Å². The fourth-order valence-electron chi connectivity index (χ4n) is 4.35. The van der Waals surface area contributed by atoms with Crippen molar-refractivity contribution in [3.8, 4) is 11.5 Å². The Morgan fingerprint density at radius 2 is 1.89 bits per heavy atom. The molecule has 0 bridgehead atoms. The fourth-order valence-corrected chi connectivity index (χ4v) is 4.35. The number of non-ortho nitro benzene ring substituents is 1. The number of fused-ring (bicyclic) bond motifs is 3. The van der Waals surface area contributed by atoms with Gasteiger partial charge in [0.15, 0.2) is 11.5 Å². The molecule has 0 aromatic heterocycles. The first-order valence-electron chi connectivity index (χ1n) is 9.80. The first-order chi connectivity index (χ1) is 13.6. The minimum atomic E-state index is -0.380. The van der Waals surface area contributed by atoms with E-state index in [2.05, 4.69) is 6.07 Å². The molecular weight excluding hydrogens is 356 g/mol. The quantitative estimate of drug-likeness (QED) is 0.547. The van der Waals surface area contributed by atoms with E-state index in [1.165, 1.54) is 30.5 Å². The maximum absolute atomic E-state index is 11.0. The van der Waals surface area contributed by atoms with Gasteiger partial charge in [0, 0.05) is 29.2 Å². The SMILES string of the molecule is CCOc1cc2c(cc1OC)C(c1ccc([N+](=O)[O-])cc1)=N[C@@H]1CCCC[C@H]21. The summed E-state index contributed by atoms with van der Waals surface area (Å²) in [5.74, 6) is 1.83. The molecule has 0 spiro atoms. The molecule has 2 aromatic carbocycles. The van der Waals surface area contributed by atoms with E-state index in [0.717, 1.165) is 35.4 Å². The summed E-state index contributed by atoms with van der Waals surface area (Å²) in [6.45, 7) is 2.54. The number of hydrogen-bond acceptors (Lipinski definition) is 5. The maximum atomic E-state index is 11.0. The second-order valence-electron chi connectivity index (χ2n) is 7.26. The van der Waals surface area contributed by atoms with Crippen LogP contribution in [0, 0.1) is 10.1 Å². The summed E-state index contributed by atoms with van der Waals surface area (Å²) in [7, 11) is 1.64. The molecule has 4 rings (SSSR count). The molecule has 0 N–H and O–H groups in total. The van der Waals surface area contributed by atoms with Gasteiger partial charge in [-0.3, -0.25) is 15.1 Å². The summed E-state index contributed by atoms with van der Waals surface area (Å²) in [5, 5.41) is 11.0. The number of ether oxygens (including phenoxy) is 2. The summed E-state index contributed by atoms with van der Waals surface area (Å²) in [6, 6.07) is 11.0. The summed E-state index contributed by atoms with van der Waals surface area (Å²) in [6.07, 6.45) is 4.57. The van der Waals surface area contributed by atoms with Crippen molar-refractivity contribution < 1.29 is 14.4 Å². The highest BCUT2D eigenvalue weighted by Gasteiger charge is 2.34. The number of nitrogens with zero attached hydrogens (tertiary/aromatic N) is 2. The zero-order valence-electron chi connectivity index (χ0n) is 16.2. The molecule has 6 nitrogen and oxygen atoms in total. The number of methoxy groups -OCH3 is 1. The first-order valence-corrected chi connectivity index (χ1v) is 9.80. The predicted molar refractivity (Wildman–Crippen MR) is 108 cm³/mol. The van der Waals surface area contributed by atoms with E-state index in [1.54, 1.807) is 19.2 Å². The van der Waals surface area contributed by atoms with E-state index in [9.17, 15) is 10.1 Å². The van der Waals surface area contributed by atoms with Crippen molar-refractivity contribution in [1.82, 2.24) is 0 Å². The topological polar surface area (TPSA) is 74.0 Å². The van der Waals surface area contributed by atoms with Crippen LogP contribution in [0.3, 0.4) is 0 Å². The van der Waals surface area contributed by atoms with Gasteiger partial charge in [0.1, 0.15) is 0 Å². The molecule has 0 saturated heterocycles. The Morgan fingerprint density at radius 1 is 1.14 bits per heavy atom. The second-order valence-corrected chi connectivity index (χ2v) is 7.26. The van der Waals surface area contributed by atoms with Gasteiger partial charge in [-0.25, -0.2) is 0 Å². The molecular formula is C22H24N2O4. The highest BCUT2D eigenvalue weighted by atomic mass is 16.6. The van der Waals surface area contributed by atoms with Crippen LogP contribution in [0.1, 0.15) is 55.2 Å². The molecule has 1 aliphatic heterocycles. The average molecular weight is 380 g/mol. The lowest BCUT2D eigenvalue weighted by atomic mass is 9.75. The van der Waals surface area contributed by atoms with Crippen molar-refractivity contribution >= 4 is 11.4 Å². The fraction of sp³-hybridized carbons (Fsp3) is 0.409. The Balaban J connectivity index is 1.85. The van der Waals surface area contributed by atoms with Gasteiger partial charge < -0.3 is 9.47 Å². The minimum absolute atomic E-state index is 0.0835. The average Bonchev–Trinajstić information content (AvgIpc) is 2.73. The van der Waals surface area contributed by atoms with E-state index in [0.29, 0.717) is 18.3 Å². The Bertz CT molecular complexity index is 921. The zero-order chi connectivity index (χ0) is 19.7. The van der Waals surface area contributed by atoms with Crippen molar-refractivity contribution in [2.45, 2.75) is 44.6 Å². The molecule has 6 heteroatoms. The van der Waals surface area contributed by atoms with Gasteiger partial charge in [-0.1, -0.05) is 12.8 Å². The summed E-state index contributed by atoms with van der Waals surface area (Å²) >= 11 is 0. The van der Waals surface area contributed by atoms with Crippen molar-refractivity contribution in [3.05, 3.63) is 63.2 Å². The molecule has 0 unspecified atom stereocenters. The molecule has 28 heavy (non-hydrogen) atoms. The van der Waals surface area contributed by atoms with E-state index in [4.69, 9.17) is 14.5 Å². The standard InChI is InChI=1S/C22H24N2O4/c1-3-28-21-12-17-16-6-4-5-7-19(16)23-22(18(17)13-20(21)27-2)14-8-10-15(11-9-14)24(25)26/h8-13,16,19H,3-7H2,1-2H3/t16-,19-/m1/s1. The van der Waals surface area contributed by atoms with Crippen LogP contribution in [0.15, 0.2) is 41.4 Å². The zero-order valence-corrected chi connectivity index (χ0v) is 16.2. The molecule has 2 aromatic rings. The molecule has 1 heterocycles. The Kier molecular flexibility index (Phi) is 5.03. The van der Waals surface area contributed by atoms with Crippen LogP contribution >= 0.6 is 0 Å². The van der Waals surface area contributed by atoms with Gasteiger partial charge in [-0.2, -0.15) is 0 Å². The molecule has 2 atom stereocenters. The highest BCUT2D eigenvalue weighted by Crippen LogP contribution is 2.44. The molecule has 1 saturated carbocycles. The number of benzene rings is 2. The number of nitro benzene ring substituents is 1. The number of aliphatic imine (C=N–C) groups is 1. The molecule has 1 fully saturated rings. The smallest absolute Gasteiger partial charge is 0.269 e. The number of nitro groups is 1. The second kappa shape index (κ2) is 7.62. The minimum Gasteiger partial charge on any atom is -0.493 e. The largest absolute Gasteiger partial charge is 0.493 e. The van der Waals surface area contributed by atoms with Crippen LogP contribution in [-0.4, -0.2) is 30.4 Å². The molecule has 0 amide bonds. The van der Waals surface area contributed by atoms with Crippen molar-refractivity contribution in [2.75, 3.05) is 13.7 Å². The predicted octanol–water partition coefficient (Wildman–Crippen LogP) is 4.88. The molecule has 2 aliphatic rings. The third-order valence-corrected chi connectivity index (χ3v) is 5.67. The van der Waals surface area contributed by atoms with Gasteiger partial charge in [0.05, 0.1) is 30.4 Å². The van der Waals surface area contributed by atoms with Crippen molar-refractivity contribution in [1.29, 1.82) is 0 Å². The molecule has 0 radical (unpaired) electrons. The van der Waals surface area contributed by atoms with Gasteiger partial charge in [0.25, 0.3) is 5.69 Å². The summed E-state index contributed by atoms with van der Waals surface area (Å²) in [5.41, 5.74) is 4.14. The van der Waals surface area contributed by atoms with Crippen LogP contribution in [0.4, 0.5) is 5.69 Å².